The average Bonchev–Trinajstić information content (AvgIpc) is 2.83. The summed E-state index contributed by atoms with van der Waals surface area (Å²) in [4.78, 5) is 12.0. The number of H-pyrrole nitrogens is 1. The van der Waals surface area contributed by atoms with Crippen molar-refractivity contribution in [2.45, 2.75) is 6.92 Å². The van der Waals surface area contributed by atoms with Gasteiger partial charge in [-0.15, -0.1) is 0 Å². The standard InChI is InChI=1S/C14H12ClN3O/c1-2-19-12-8-7-11-14(17-12)18-13(16-11)9-3-5-10(15)6-4-9/h3-8H,2H2,1H3,(H,16,17,18). The number of rotatable bonds is 3. The second-order valence-electron chi connectivity index (χ2n) is 4.05. The fourth-order valence-corrected chi connectivity index (χ4v) is 1.97. The summed E-state index contributed by atoms with van der Waals surface area (Å²) < 4.78 is 5.36. The summed E-state index contributed by atoms with van der Waals surface area (Å²) in [5.74, 6) is 1.36. The molecule has 0 amide bonds. The molecule has 0 bridgehead atoms. The molecule has 3 rings (SSSR count). The summed E-state index contributed by atoms with van der Waals surface area (Å²) in [6.45, 7) is 2.52. The van der Waals surface area contributed by atoms with Crippen LogP contribution in [0.25, 0.3) is 22.6 Å². The molecule has 19 heavy (non-hydrogen) atoms. The van der Waals surface area contributed by atoms with E-state index in [4.69, 9.17) is 16.3 Å². The van der Waals surface area contributed by atoms with Crippen molar-refractivity contribution in [2.24, 2.45) is 0 Å². The molecule has 2 aromatic heterocycles. The monoisotopic (exact) mass is 273 g/mol. The number of fused-ring (bicyclic) bond motifs is 1. The van der Waals surface area contributed by atoms with Crippen molar-refractivity contribution in [2.75, 3.05) is 6.61 Å². The molecular formula is C14H12ClN3O. The van der Waals surface area contributed by atoms with E-state index < -0.39 is 0 Å². The van der Waals surface area contributed by atoms with Crippen LogP contribution in [0.3, 0.4) is 0 Å². The molecule has 0 fully saturated rings. The van der Waals surface area contributed by atoms with Crippen molar-refractivity contribution in [3.05, 3.63) is 41.4 Å². The highest BCUT2D eigenvalue weighted by Crippen LogP contribution is 2.22. The van der Waals surface area contributed by atoms with Gasteiger partial charge in [0, 0.05) is 16.7 Å². The van der Waals surface area contributed by atoms with E-state index in [1.54, 1.807) is 0 Å². The van der Waals surface area contributed by atoms with Crippen LogP contribution in [0.1, 0.15) is 6.92 Å². The number of pyridine rings is 1. The van der Waals surface area contributed by atoms with E-state index in [0.29, 0.717) is 23.2 Å². The highest BCUT2D eigenvalue weighted by molar-refractivity contribution is 6.30. The summed E-state index contributed by atoms with van der Waals surface area (Å²) in [5.41, 5.74) is 2.50. The summed E-state index contributed by atoms with van der Waals surface area (Å²) in [6.07, 6.45) is 0. The molecule has 0 saturated heterocycles. The molecule has 0 unspecified atom stereocenters. The molecule has 5 heteroatoms. The minimum Gasteiger partial charge on any atom is -0.478 e. The Morgan fingerprint density at radius 2 is 1.89 bits per heavy atom. The highest BCUT2D eigenvalue weighted by Gasteiger charge is 2.07. The zero-order valence-corrected chi connectivity index (χ0v) is 11.1. The van der Waals surface area contributed by atoms with Crippen LogP contribution in [0.4, 0.5) is 0 Å². The van der Waals surface area contributed by atoms with Gasteiger partial charge in [0.25, 0.3) is 0 Å². The van der Waals surface area contributed by atoms with Crippen molar-refractivity contribution in [3.63, 3.8) is 0 Å². The van der Waals surface area contributed by atoms with Crippen LogP contribution in [0.5, 0.6) is 5.88 Å². The fraction of sp³-hybridized carbons (Fsp3) is 0.143. The molecule has 0 aliphatic heterocycles. The molecule has 96 valence electrons. The first-order chi connectivity index (χ1) is 9.26. The lowest BCUT2D eigenvalue weighted by molar-refractivity contribution is 0.328. The lowest BCUT2D eigenvalue weighted by Gasteiger charge is -1.99. The number of benzene rings is 1. The van der Waals surface area contributed by atoms with E-state index in [0.717, 1.165) is 16.9 Å². The first-order valence-corrected chi connectivity index (χ1v) is 6.39. The maximum Gasteiger partial charge on any atom is 0.215 e. The lowest BCUT2D eigenvalue weighted by Crippen LogP contribution is -1.93. The van der Waals surface area contributed by atoms with Gasteiger partial charge in [0.15, 0.2) is 5.65 Å². The maximum absolute atomic E-state index is 5.87. The van der Waals surface area contributed by atoms with E-state index in [1.807, 2.05) is 43.3 Å². The number of nitrogens with zero attached hydrogens (tertiary/aromatic N) is 2. The van der Waals surface area contributed by atoms with E-state index in [1.165, 1.54) is 0 Å². The number of nitrogens with one attached hydrogen (secondary N) is 1. The molecule has 4 nitrogen and oxygen atoms in total. The third kappa shape index (κ3) is 2.39. The molecule has 0 spiro atoms. The van der Waals surface area contributed by atoms with Crippen molar-refractivity contribution in [1.29, 1.82) is 0 Å². The Hall–Kier alpha value is -2.07. The molecular weight excluding hydrogens is 262 g/mol. The van der Waals surface area contributed by atoms with Crippen LogP contribution in [0, 0.1) is 0 Å². The summed E-state index contributed by atoms with van der Waals surface area (Å²) >= 11 is 5.87. The Bertz CT molecular complexity index is 706. The number of imidazole rings is 1. The molecule has 0 atom stereocenters. The quantitative estimate of drug-likeness (QED) is 0.792. The smallest absolute Gasteiger partial charge is 0.215 e. The molecule has 0 aliphatic rings. The molecule has 0 aliphatic carbocycles. The van der Waals surface area contributed by atoms with Crippen molar-refractivity contribution in [1.82, 2.24) is 15.0 Å². The van der Waals surface area contributed by atoms with Gasteiger partial charge in [-0.3, -0.25) is 0 Å². The van der Waals surface area contributed by atoms with E-state index in [-0.39, 0.29) is 0 Å². The van der Waals surface area contributed by atoms with E-state index in [9.17, 15) is 0 Å². The molecule has 3 aromatic rings. The second-order valence-corrected chi connectivity index (χ2v) is 4.48. The van der Waals surface area contributed by atoms with Crippen molar-refractivity contribution < 1.29 is 4.74 Å². The van der Waals surface area contributed by atoms with E-state index in [2.05, 4.69) is 15.0 Å². The first kappa shape index (κ1) is 12.0. The minimum atomic E-state index is 0.587. The average molecular weight is 274 g/mol. The third-order valence-electron chi connectivity index (χ3n) is 2.73. The maximum atomic E-state index is 5.87. The summed E-state index contributed by atoms with van der Waals surface area (Å²) in [5, 5.41) is 0.705. The SMILES string of the molecule is CCOc1ccc2[nH]c(-c3ccc(Cl)cc3)nc2n1. The van der Waals surface area contributed by atoms with Crippen LogP contribution in [-0.4, -0.2) is 21.6 Å². The largest absolute Gasteiger partial charge is 0.478 e. The molecule has 0 saturated carbocycles. The molecule has 0 radical (unpaired) electrons. The zero-order valence-electron chi connectivity index (χ0n) is 10.4. The van der Waals surface area contributed by atoms with Gasteiger partial charge < -0.3 is 9.72 Å². The van der Waals surface area contributed by atoms with Gasteiger partial charge in [0.1, 0.15) is 5.82 Å². The number of hydrogen-bond donors (Lipinski definition) is 1. The minimum absolute atomic E-state index is 0.587. The van der Waals surface area contributed by atoms with Crippen LogP contribution < -0.4 is 4.74 Å². The van der Waals surface area contributed by atoms with Crippen molar-refractivity contribution in [3.8, 4) is 17.3 Å². The van der Waals surface area contributed by atoms with Gasteiger partial charge in [-0.1, -0.05) is 11.6 Å². The van der Waals surface area contributed by atoms with E-state index >= 15 is 0 Å². The van der Waals surface area contributed by atoms with Crippen LogP contribution in [-0.2, 0) is 0 Å². The number of halogens is 1. The predicted molar refractivity (Wildman–Crippen MR) is 75.5 cm³/mol. The number of hydrogen-bond acceptors (Lipinski definition) is 3. The number of ether oxygens (including phenoxy) is 1. The molecule has 1 aromatic carbocycles. The Morgan fingerprint density at radius 3 is 2.63 bits per heavy atom. The number of aromatic amines is 1. The Morgan fingerprint density at radius 1 is 1.11 bits per heavy atom. The van der Waals surface area contributed by atoms with Crippen LogP contribution in [0.15, 0.2) is 36.4 Å². The van der Waals surface area contributed by atoms with Gasteiger partial charge >= 0.3 is 0 Å². The summed E-state index contributed by atoms with van der Waals surface area (Å²) in [7, 11) is 0. The van der Waals surface area contributed by atoms with Crippen LogP contribution in [0.2, 0.25) is 5.02 Å². The van der Waals surface area contributed by atoms with Gasteiger partial charge in [-0.05, 0) is 37.3 Å². The third-order valence-corrected chi connectivity index (χ3v) is 2.98. The van der Waals surface area contributed by atoms with Gasteiger partial charge in [0.2, 0.25) is 5.88 Å². The first-order valence-electron chi connectivity index (χ1n) is 6.02. The predicted octanol–water partition coefficient (Wildman–Crippen LogP) is 3.68. The normalized spacial score (nSPS) is 10.8. The number of aromatic nitrogens is 3. The lowest BCUT2D eigenvalue weighted by atomic mass is 10.2. The summed E-state index contributed by atoms with van der Waals surface area (Å²) in [6, 6.07) is 11.3. The Kier molecular flexibility index (Phi) is 3.09. The highest BCUT2D eigenvalue weighted by atomic mass is 35.5. The topological polar surface area (TPSA) is 50.8 Å². The van der Waals surface area contributed by atoms with Gasteiger partial charge in [-0.25, -0.2) is 4.98 Å². The van der Waals surface area contributed by atoms with Gasteiger partial charge in [-0.2, -0.15) is 4.98 Å². The fourth-order valence-electron chi connectivity index (χ4n) is 1.85. The van der Waals surface area contributed by atoms with Crippen molar-refractivity contribution >= 4 is 22.8 Å². The Balaban J connectivity index is 2.03. The zero-order chi connectivity index (χ0) is 13.2. The molecule has 1 N–H and O–H groups in total. The second kappa shape index (κ2) is 4.90. The van der Waals surface area contributed by atoms with Crippen LogP contribution >= 0.6 is 11.6 Å². The van der Waals surface area contributed by atoms with Gasteiger partial charge in [0.05, 0.1) is 12.1 Å². The Labute approximate surface area is 115 Å². The molecule has 2 heterocycles.